The number of thiazole rings is 1. The molecule has 0 bridgehead atoms. The summed E-state index contributed by atoms with van der Waals surface area (Å²) >= 11 is 19.0. The molecule has 0 radical (unpaired) electrons. The fourth-order valence-electron chi connectivity index (χ4n) is 4.64. The molecule has 0 unspecified atom stereocenters. The zero-order valence-corrected chi connectivity index (χ0v) is 26.5. The third-order valence-corrected chi connectivity index (χ3v) is 8.49. The maximum atomic E-state index is 14.3. The summed E-state index contributed by atoms with van der Waals surface area (Å²) in [6.45, 7) is 1.41. The molecule has 0 N–H and O–H groups in total. The molecule has 0 spiro atoms. The summed E-state index contributed by atoms with van der Waals surface area (Å²) in [5.74, 6) is -0.508. The second kappa shape index (κ2) is 13.3. The molecule has 45 heavy (non-hydrogen) atoms. The maximum absolute atomic E-state index is 14.3. The molecule has 14 heteroatoms. The topological polar surface area (TPSA) is 79.1 Å². The van der Waals surface area contributed by atoms with Gasteiger partial charge in [-0.3, -0.25) is 9.36 Å². The van der Waals surface area contributed by atoms with Gasteiger partial charge in [0.25, 0.3) is 5.56 Å². The number of aromatic nitrogens is 1. The highest BCUT2D eigenvalue weighted by atomic mass is 35.5. The van der Waals surface area contributed by atoms with Crippen LogP contribution in [-0.4, -0.2) is 30.4 Å². The van der Waals surface area contributed by atoms with E-state index in [0.29, 0.717) is 37.7 Å². The van der Waals surface area contributed by atoms with Crippen molar-refractivity contribution in [1.82, 2.24) is 4.57 Å². The van der Waals surface area contributed by atoms with E-state index >= 15 is 0 Å². The van der Waals surface area contributed by atoms with Gasteiger partial charge in [0.1, 0.15) is 6.61 Å². The first-order valence-electron chi connectivity index (χ1n) is 13.2. The van der Waals surface area contributed by atoms with E-state index in [1.165, 1.54) is 44.4 Å². The predicted octanol–water partition coefficient (Wildman–Crippen LogP) is 6.89. The number of nitrogens with zero attached hydrogens (tertiary/aromatic N) is 2. The number of halogens is 6. The highest BCUT2D eigenvalue weighted by molar-refractivity contribution is 7.07. The van der Waals surface area contributed by atoms with Crippen LogP contribution in [0.1, 0.15) is 29.7 Å². The number of benzene rings is 3. The molecular formula is C31H22Cl3F3N2O5S. The van der Waals surface area contributed by atoms with Crippen molar-refractivity contribution in [3.05, 3.63) is 123 Å². The molecule has 234 valence electrons. The average molecular weight is 698 g/mol. The van der Waals surface area contributed by atoms with Crippen molar-refractivity contribution in [2.75, 3.05) is 13.7 Å². The number of carbonyl (C=O) groups is 1. The summed E-state index contributed by atoms with van der Waals surface area (Å²) in [6, 6.07) is 14.3. The van der Waals surface area contributed by atoms with Crippen molar-refractivity contribution in [3.63, 3.8) is 0 Å². The summed E-state index contributed by atoms with van der Waals surface area (Å²) in [5.41, 5.74) is -1.47. The van der Waals surface area contributed by atoms with Gasteiger partial charge in [-0.25, -0.2) is 9.79 Å². The molecule has 0 saturated heterocycles. The van der Waals surface area contributed by atoms with Crippen LogP contribution in [0.4, 0.5) is 13.2 Å². The molecular weight excluding hydrogens is 676 g/mol. The molecule has 1 atom stereocenters. The van der Waals surface area contributed by atoms with Crippen LogP contribution in [0.2, 0.25) is 15.1 Å². The molecule has 1 aliphatic rings. The minimum atomic E-state index is -5.01. The number of fused-ring (bicyclic) bond motifs is 1. The van der Waals surface area contributed by atoms with Crippen LogP contribution < -0.4 is 24.4 Å². The van der Waals surface area contributed by atoms with Crippen molar-refractivity contribution < 1.29 is 32.2 Å². The Labute approximate surface area is 273 Å². The number of carbonyl (C=O) groups excluding carboxylic acids is 1. The lowest BCUT2D eigenvalue weighted by molar-refractivity contribution is -0.140. The second-order valence-corrected chi connectivity index (χ2v) is 11.8. The van der Waals surface area contributed by atoms with Crippen LogP contribution in [0.15, 0.2) is 81.7 Å². The first-order valence-corrected chi connectivity index (χ1v) is 15.2. The fourth-order valence-corrected chi connectivity index (χ4v) is 6.23. The molecule has 3 aromatic carbocycles. The number of methoxy groups -OCH3 is 1. The van der Waals surface area contributed by atoms with Gasteiger partial charge in [-0.2, -0.15) is 13.2 Å². The lowest BCUT2D eigenvalue weighted by Gasteiger charge is -2.26. The molecule has 0 aliphatic carbocycles. The number of esters is 1. The number of hydrogen-bond donors (Lipinski definition) is 0. The number of ether oxygens (including phenoxy) is 3. The molecule has 4 aromatic rings. The van der Waals surface area contributed by atoms with Gasteiger partial charge in [-0.1, -0.05) is 70.4 Å². The first kappa shape index (κ1) is 32.6. The van der Waals surface area contributed by atoms with E-state index in [1.54, 1.807) is 36.4 Å². The Morgan fingerprint density at radius 1 is 1.02 bits per heavy atom. The van der Waals surface area contributed by atoms with E-state index in [4.69, 9.17) is 49.0 Å². The number of hydrogen-bond acceptors (Lipinski definition) is 7. The van der Waals surface area contributed by atoms with E-state index in [9.17, 15) is 22.8 Å². The van der Waals surface area contributed by atoms with Crippen LogP contribution in [-0.2, 0) is 16.1 Å². The third-order valence-electron chi connectivity index (χ3n) is 6.66. The van der Waals surface area contributed by atoms with Crippen molar-refractivity contribution in [2.24, 2.45) is 4.99 Å². The van der Waals surface area contributed by atoms with Crippen LogP contribution >= 0.6 is 46.1 Å². The zero-order chi connectivity index (χ0) is 32.5. The zero-order valence-electron chi connectivity index (χ0n) is 23.5. The monoisotopic (exact) mass is 696 g/mol. The Balaban J connectivity index is 1.60. The number of allylic oxidation sites excluding steroid dienone is 1. The summed E-state index contributed by atoms with van der Waals surface area (Å²) in [4.78, 5) is 30.3. The van der Waals surface area contributed by atoms with Crippen LogP contribution in [0, 0.1) is 0 Å². The summed E-state index contributed by atoms with van der Waals surface area (Å²) < 4.78 is 60.4. The Bertz CT molecular complexity index is 1990. The van der Waals surface area contributed by atoms with Gasteiger partial charge in [-0.15, -0.1) is 0 Å². The van der Waals surface area contributed by atoms with E-state index in [0.717, 1.165) is 15.9 Å². The van der Waals surface area contributed by atoms with E-state index < -0.39 is 35.0 Å². The molecule has 0 fully saturated rings. The largest absolute Gasteiger partial charge is 0.493 e. The molecule has 7 nitrogen and oxygen atoms in total. The van der Waals surface area contributed by atoms with E-state index in [-0.39, 0.29) is 28.1 Å². The highest BCUT2D eigenvalue weighted by Crippen LogP contribution is 2.38. The maximum Gasteiger partial charge on any atom is 0.434 e. The van der Waals surface area contributed by atoms with Crippen LogP contribution in [0.5, 0.6) is 11.5 Å². The standard InChI is InChI=1S/C31H22Cl3F3N2O5S/c1-3-43-29(41)25-26(17-5-8-19(32)9-6-17)39-28(40)24(45-30(39)38-27(25)31(35,36)37)13-16-4-11-22(23(12-16)42-2)44-15-18-7-10-20(33)14-21(18)34/h4-14,26H,3,15H2,1-2H3/b24-13-/t26-/m1/s1. The Morgan fingerprint density at radius 2 is 1.73 bits per heavy atom. The average Bonchev–Trinajstić information content (AvgIpc) is 3.30. The summed E-state index contributed by atoms with van der Waals surface area (Å²) in [5, 5.41) is 1.24. The van der Waals surface area contributed by atoms with Crippen molar-refractivity contribution in [3.8, 4) is 11.5 Å². The van der Waals surface area contributed by atoms with Crippen LogP contribution in [0.25, 0.3) is 6.08 Å². The quantitative estimate of drug-likeness (QED) is 0.188. The minimum absolute atomic E-state index is 0.0722. The minimum Gasteiger partial charge on any atom is -0.493 e. The lowest BCUT2D eigenvalue weighted by Crippen LogP contribution is -2.41. The normalized spacial score (nSPS) is 15.0. The SMILES string of the molecule is CCOC(=O)C1=C(C(F)(F)F)N=c2s/c(=C\c3ccc(OCc4ccc(Cl)cc4Cl)c(OC)c3)c(=O)n2[C@@H]1c1ccc(Cl)cc1. The first-order chi connectivity index (χ1) is 21.4. The molecule has 0 amide bonds. The number of rotatable bonds is 8. The van der Waals surface area contributed by atoms with Gasteiger partial charge in [0.2, 0.25) is 0 Å². The fraction of sp³-hybridized carbons (Fsp3) is 0.194. The lowest BCUT2D eigenvalue weighted by atomic mass is 9.95. The van der Waals surface area contributed by atoms with Gasteiger partial charge in [0.15, 0.2) is 22.0 Å². The van der Waals surface area contributed by atoms with Gasteiger partial charge in [0, 0.05) is 20.6 Å². The van der Waals surface area contributed by atoms with Crippen molar-refractivity contribution in [1.29, 1.82) is 0 Å². The van der Waals surface area contributed by atoms with Crippen LogP contribution in [0.3, 0.4) is 0 Å². The Morgan fingerprint density at radius 3 is 2.38 bits per heavy atom. The summed E-state index contributed by atoms with van der Waals surface area (Å²) in [6.07, 6.45) is -3.52. The van der Waals surface area contributed by atoms with Gasteiger partial charge in [-0.05, 0) is 60.5 Å². The molecule has 5 rings (SSSR count). The summed E-state index contributed by atoms with van der Waals surface area (Å²) in [7, 11) is 1.44. The molecule has 2 heterocycles. The van der Waals surface area contributed by atoms with E-state index in [2.05, 4.69) is 4.99 Å². The van der Waals surface area contributed by atoms with Gasteiger partial charge >= 0.3 is 12.1 Å². The Hall–Kier alpha value is -3.77. The van der Waals surface area contributed by atoms with Gasteiger partial charge < -0.3 is 14.2 Å². The molecule has 0 saturated carbocycles. The molecule has 1 aliphatic heterocycles. The van der Waals surface area contributed by atoms with Crippen molar-refractivity contribution in [2.45, 2.75) is 25.7 Å². The third kappa shape index (κ3) is 6.91. The number of alkyl halides is 3. The molecule has 1 aromatic heterocycles. The second-order valence-electron chi connectivity index (χ2n) is 9.55. The predicted molar refractivity (Wildman–Crippen MR) is 166 cm³/mol. The Kier molecular flexibility index (Phi) is 9.64. The highest BCUT2D eigenvalue weighted by Gasteiger charge is 2.45. The van der Waals surface area contributed by atoms with Crippen molar-refractivity contribution >= 4 is 58.2 Å². The van der Waals surface area contributed by atoms with Gasteiger partial charge in [0.05, 0.1) is 29.9 Å². The van der Waals surface area contributed by atoms with E-state index in [1.807, 2.05) is 0 Å². The smallest absolute Gasteiger partial charge is 0.434 e.